The van der Waals surface area contributed by atoms with Crippen LogP contribution in [-0.4, -0.2) is 24.7 Å². The molecule has 3 aromatic rings. The van der Waals surface area contributed by atoms with E-state index in [1.165, 1.54) is 0 Å². The summed E-state index contributed by atoms with van der Waals surface area (Å²) in [6, 6.07) is 0. The first-order valence-corrected chi connectivity index (χ1v) is 5.31. The van der Waals surface area contributed by atoms with Gasteiger partial charge in [-0.2, -0.15) is 5.10 Å². The minimum Gasteiger partial charge on any atom is -0.383 e. The van der Waals surface area contributed by atoms with Crippen molar-refractivity contribution < 1.29 is 0 Å². The first-order valence-electron chi connectivity index (χ1n) is 5.31. The lowest BCUT2D eigenvalue weighted by atomic mass is 10.1. The number of nitrogen functional groups attached to an aromatic ring is 2. The number of hydrogen-bond donors (Lipinski definition) is 2. The number of anilines is 2. The van der Waals surface area contributed by atoms with E-state index in [0.29, 0.717) is 16.7 Å². The minimum absolute atomic E-state index is 0.207. The zero-order valence-electron chi connectivity index (χ0n) is 9.70. The van der Waals surface area contributed by atoms with E-state index in [1.807, 2.05) is 13.2 Å². The van der Waals surface area contributed by atoms with Crippen LogP contribution in [0.4, 0.5) is 11.8 Å². The van der Waals surface area contributed by atoms with E-state index in [0.717, 1.165) is 11.1 Å². The summed E-state index contributed by atoms with van der Waals surface area (Å²) in [5.74, 6) is 0.593. The van der Waals surface area contributed by atoms with E-state index < -0.39 is 0 Å². The van der Waals surface area contributed by atoms with Gasteiger partial charge in [-0.05, 0) is 0 Å². The average molecular weight is 241 g/mol. The van der Waals surface area contributed by atoms with Gasteiger partial charge in [-0.15, -0.1) is 0 Å². The molecule has 0 aliphatic rings. The predicted molar refractivity (Wildman–Crippen MR) is 68.4 cm³/mol. The second-order valence-electron chi connectivity index (χ2n) is 3.95. The fourth-order valence-corrected chi connectivity index (χ4v) is 1.82. The van der Waals surface area contributed by atoms with Gasteiger partial charge in [0.15, 0.2) is 0 Å². The number of rotatable bonds is 1. The third-order valence-corrected chi connectivity index (χ3v) is 2.69. The molecule has 0 amide bonds. The molecule has 3 rings (SSSR count). The van der Waals surface area contributed by atoms with E-state index >= 15 is 0 Å². The summed E-state index contributed by atoms with van der Waals surface area (Å²) in [6.45, 7) is 0. The number of pyridine rings is 1. The molecule has 0 aliphatic heterocycles. The number of fused-ring (bicyclic) bond motifs is 1. The van der Waals surface area contributed by atoms with E-state index in [1.54, 1.807) is 23.3 Å². The lowest BCUT2D eigenvalue weighted by Gasteiger charge is -2.05. The van der Waals surface area contributed by atoms with Crippen molar-refractivity contribution >= 4 is 22.7 Å². The van der Waals surface area contributed by atoms with Gasteiger partial charge in [0.05, 0.1) is 17.1 Å². The van der Waals surface area contributed by atoms with Crippen LogP contribution in [0.15, 0.2) is 24.8 Å². The molecule has 7 heteroatoms. The number of aromatic nitrogens is 5. The van der Waals surface area contributed by atoms with Gasteiger partial charge in [0.25, 0.3) is 0 Å². The zero-order chi connectivity index (χ0) is 12.7. The maximum atomic E-state index is 5.81. The number of hydrogen-bond acceptors (Lipinski definition) is 6. The van der Waals surface area contributed by atoms with E-state index in [2.05, 4.69) is 20.1 Å². The highest BCUT2D eigenvalue weighted by atomic mass is 15.2. The van der Waals surface area contributed by atoms with Crippen molar-refractivity contribution in [1.29, 1.82) is 0 Å². The highest BCUT2D eigenvalue weighted by molar-refractivity contribution is 5.98. The molecule has 18 heavy (non-hydrogen) atoms. The van der Waals surface area contributed by atoms with Gasteiger partial charge in [0.1, 0.15) is 5.82 Å². The Morgan fingerprint density at radius 2 is 1.94 bits per heavy atom. The van der Waals surface area contributed by atoms with Gasteiger partial charge in [-0.1, -0.05) is 0 Å². The summed E-state index contributed by atoms with van der Waals surface area (Å²) in [4.78, 5) is 12.3. The third kappa shape index (κ3) is 1.53. The molecule has 90 valence electrons. The first kappa shape index (κ1) is 10.5. The van der Waals surface area contributed by atoms with E-state index in [-0.39, 0.29) is 5.95 Å². The largest absolute Gasteiger partial charge is 0.383 e. The average Bonchev–Trinajstić information content (AvgIpc) is 2.76. The SMILES string of the molecule is Cn1cc(-c2cnc(N)c3cnc(N)nc23)cn1. The standard InChI is InChI=1S/C11H11N7/c1-18-5-6(2-16-18)7-3-14-10(12)8-4-15-11(13)17-9(7)8/h2-5H,1H3,(H2,12,14)(H2,13,15,17). The maximum absolute atomic E-state index is 5.81. The summed E-state index contributed by atoms with van der Waals surface area (Å²) in [5.41, 5.74) is 13.9. The van der Waals surface area contributed by atoms with Crippen LogP contribution in [0, 0.1) is 0 Å². The molecular weight excluding hydrogens is 230 g/mol. The molecule has 0 fully saturated rings. The lowest BCUT2D eigenvalue weighted by molar-refractivity contribution is 0.768. The summed E-state index contributed by atoms with van der Waals surface area (Å²) in [6.07, 6.45) is 6.87. The molecule has 0 spiro atoms. The fourth-order valence-electron chi connectivity index (χ4n) is 1.82. The molecule has 7 nitrogen and oxygen atoms in total. The Labute approximate surface area is 102 Å². The Morgan fingerprint density at radius 3 is 2.67 bits per heavy atom. The quantitative estimate of drug-likeness (QED) is 0.645. The van der Waals surface area contributed by atoms with Gasteiger partial charge in [-0.25, -0.2) is 15.0 Å². The second kappa shape index (κ2) is 3.66. The van der Waals surface area contributed by atoms with E-state index in [9.17, 15) is 0 Å². The first-order chi connectivity index (χ1) is 8.65. The smallest absolute Gasteiger partial charge is 0.220 e. The number of nitrogens with two attached hydrogens (primary N) is 2. The number of aryl methyl sites for hydroxylation is 1. The van der Waals surface area contributed by atoms with Crippen LogP contribution in [0.25, 0.3) is 22.0 Å². The van der Waals surface area contributed by atoms with Crippen molar-refractivity contribution in [3.8, 4) is 11.1 Å². The lowest BCUT2D eigenvalue weighted by Crippen LogP contribution is -1.99. The molecule has 0 unspecified atom stereocenters. The van der Waals surface area contributed by atoms with Gasteiger partial charge in [0, 0.05) is 36.8 Å². The predicted octanol–water partition coefficient (Wildman–Crippen LogP) is 0.590. The van der Waals surface area contributed by atoms with Crippen molar-refractivity contribution in [1.82, 2.24) is 24.7 Å². The van der Waals surface area contributed by atoms with Gasteiger partial charge in [0.2, 0.25) is 5.95 Å². The molecule has 3 aromatic heterocycles. The maximum Gasteiger partial charge on any atom is 0.220 e. The Morgan fingerprint density at radius 1 is 1.11 bits per heavy atom. The fraction of sp³-hybridized carbons (Fsp3) is 0.0909. The molecule has 0 bridgehead atoms. The van der Waals surface area contributed by atoms with Crippen LogP contribution in [0.5, 0.6) is 0 Å². The van der Waals surface area contributed by atoms with Crippen LogP contribution >= 0.6 is 0 Å². The Balaban J connectivity index is 2.36. The monoisotopic (exact) mass is 241 g/mol. The molecule has 0 atom stereocenters. The van der Waals surface area contributed by atoms with Crippen molar-refractivity contribution in [2.75, 3.05) is 11.5 Å². The third-order valence-electron chi connectivity index (χ3n) is 2.69. The Hall–Kier alpha value is -2.70. The minimum atomic E-state index is 0.207. The second-order valence-corrected chi connectivity index (χ2v) is 3.95. The molecule has 0 aromatic carbocycles. The Bertz CT molecular complexity index is 731. The van der Waals surface area contributed by atoms with Crippen molar-refractivity contribution in [2.45, 2.75) is 0 Å². The van der Waals surface area contributed by atoms with Crippen molar-refractivity contribution in [3.05, 3.63) is 24.8 Å². The van der Waals surface area contributed by atoms with Gasteiger partial charge in [-0.3, -0.25) is 4.68 Å². The van der Waals surface area contributed by atoms with Crippen LogP contribution in [-0.2, 0) is 7.05 Å². The summed E-state index contributed by atoms with van der Waals surface area (Å²) in [5, 5.41) is 4.81. The Kier molecular flexibility index (Phi) is 2.12. The molecule has 4 N–H and O–H groups in total. The highest BCUT2D eigenvalue weighted by Gasteiger charge is 2.11. The van der Waals surface area contributed by atoms with Crippen LogP contribution in [0.2, 0.25) is 0 Å². The molecule has 3 heterocycles. The van der Waals surface area contributed by atoms with Crippen molar-refractivity contribution in [2.24, 2.45) is 7.05 Å². The highest BCUT2D eigenvalue weighted by Crippen LogP contribution is 2.28. The van der Waals surface area contributed by atoms with Crippen LogP contribution in [0.3, 0.4) is 0 Å². The summed E-state index contributed by atoms with van der Waals surface area (Å²) >= 11 is 0. The summed E-state index contributed by atoms with van der Waals surface area (Å²) in [7, 11) is 1.85. The van der Waals surface area contributed by atoms with E-state index in [4.69, 9.17) is 11.5 Å². The number of nitrogens with zero attached hydrogens (tertiary/aromatic N) is 5. The van der Waals surface area contributed by atoms with Crippen LogP contribution < -0.4 is 11.5 Å². The van der Waals surface area contributed by atoms with Gasteiger partial charge < -0.3 is 11.5 Å². The van der Waals surface area contributed by atoms with Crippen LogP contribution in [0.1, 0.15) is 0 Å². The molecule has 0 saturated heterocycles. The van der Waals surface area contributed by atoms with Crippen molar-refractivity contribution in [3.63, 3.8) is 0 Å². The molecule has 0 aliphatic carbocycles. The molecule has 0 radical (unpaired) electrons. The topological polar surface area (TPSA) is 109 Å². The zero-order valence-corrected chi connectivity index (χ0v) is 9.70. The molecule has 0 saturated carbocycles. The van der Waals surface area contributed by atoms with Gasteiger partial charge >= 0.3 is 0 Å². The molecular formula is C11H11N7. The summed E-state index contributed by atoms with van der Waals surface area (Å²) < 4.78 is 1.71. The normalized spacial score (nSPS) is 10.9.